The molecule has 1 N–H and O–H groups in total. The van der Waals surface area contributed by atoms with E-state index in [0.717, 1.165) is 40.7 Å². The molecule has 3 aliphatic rings. The van der Waals surface area contributed by atoms with Gasteiger partial charge in [-0.2, -0.15) is 0 Å². The number of hydrogen-bond donors (Lipinski definition) is 1. The number of amides is 1. The lowest BCUT2D eigenvalue weighted by Gasteiger charge is -2.37. The first-order valence-electron chi connectivity index (χ1n) is 11.6. The number of nitrogens with one attached hydrogen (secondary N) is 1. The molecule has 1 amide bonds. The average Bonchev–Trinajstić information content (AvgIpc) is 3.47. The molecule has 0 bridgehead atoms. The standard InChI is InChI=1S/C28H25BrN2O2/c1-17-11-13-18(14-12-17)24-23-10-5-15-31(23)28(21-8-2-3-9-22(21)30-27(28)33)25(24)26(32)19-6-4-7-20(29)16-19/h2-4,6-9,11-14,16,23-25H,5,10,15H2,1H3,(H,30,33). The predicted octanol–water partition coefficient (Wildman–Crippen LogP) is 5.67. The van der Waals surface area contributed by atoms with E-state index in [1.165, 1.54) is 5.56 Å². The third-order valence-electron chi connectivity index (χ3n) is 7.76. The van der Waals surface area contributed by atoms with Crippen LogP contribution in [0.25, 0.3) is 0 Å². The number of fused-ring (bicyclic) bond motifs is 4. The minimum atomic E-state index is -0.993. The molecule has 166 valence electrons. The maximum absolute atomic E-state index is 14.4. The number of carbonyl (C=O) groups is 2. The Morgan fingerprint density at radius 2 is 1.85 bits per heavy atom. The highest BCUT2D eigenvalue weighted by atomic mass is 79.9. The van der Waals surface area contributed by atoms with Crippen LogP contribution in [0.2, 0.25) is 0 Å². The molecule has 3 aromatic carbocycles. The Balaban J connectivity index is 1.61. The maximum atomic E-state index is 14.4. The molecule has 33 heavy (non-hydrogen) atoms. The quantitative estimate of drug-likeness (QED) is 0.471. The van der Waals surface area contributed by atoms with Crippen molar-refractivity contribution in [1.29, 1.82) is 0 Å². The summed E-state index contributed by atoms with van der Waals surface area (Å²) in [4.78, 5) is 30.6. The molecule has 6 rings (SSSR count). The molecule has 0 saturated carbocycles. The number of para-hydroxylation sites is 1. The second kappa shape index (κ2) is 7.64. The summed E-state index contributed by atoms with van der Waals surface area (Å²) < 4.78 is 0.865. The van der Waals surface area contributed by atoms with E-state index in [2.05, 4.69) is 57.3 Å². The van der Waals surface area contributed by atoms with E-state index in [4.69, 9.17) is 0 Å². The van der Waals surface area contributed by atoms with Crippen LogP contribution in [0.15, 0.2) is 77.3 Å². The van der Waals surface area contributed by atoms with Gasteiger partial charge in [-0.15, -0.1) is 0 Å². The molecule has 3 heterocycles. The van der Waals surface area contributed by atoms with Crippen molar-refractivity contribution in [3.05, 3.63) is 99.5 Å². The normalized spacial score (nSPS) is 28.1. The predicted molar refractivity (Wildman–Crippen MR) is 132 cm³/mol. The zero-order chi connectivity index (χ0) is 22.7. The van der Waals surface area contributed by atoms with Crippen LogP contribution in [0.3, 0.4) is 0 Å². The van der Waals surface area contributed by atoms with Crippen molar-refractivity contribution < 1.29 is 9.59 Å². The summed E-state index contributed by atoms with van der Waals surface area (Å²) in [5, 5.41) is 3.13. The number of anilines is 1. The van der Waals surface area contributed by atoms with Crippen LogP contribution in [-0.2, 0) is 10.3 Å². The first-order chi connectivity index (χ1) is 16.0. The van der Waals surface area contributed by atoms with Crippen molar-refractivity contribution >= 4 is 33.3 Å². The van der Waals surface area contributed by atoms with Gasteiger partial charge in [0.2, 0.25) is 5.91 Å². The van der Waals surface area contributed by atoms with Gasteiger partial charge >= 0.3 is 0 Å². The lowest BCUT2D eigenvalue weighted by Crippen LogP contribution is -2.52. The Hall–Kier alpha value is -2.76. The number of halogens is 1. The fraction of sp³-hybridized carbons (Fsp3) is 0.286. The monoisotopic (exact) mass is 500 g/mol. The minimum absolute atomic E-state index is 0.0307. The van der Waals surface area contributed by atoms with Crippen LogP contribution in [0, 0.1) is 12.8 Å². The molecular weight excluding hydrogens is 476 g/mol. The van der Waals surface area contributed by atoms with Gasteiger partial charge in [-0.25, -0.2) is 0 Å². The third-order valence-corrected chi connectivity index (χ3v) is 8.26. The lowest BCUT2D eigenvalue weighted by molar-refractivity contribution is -0.127. The van der Waals surface area contributed by atoms with Crippen molar-refractivity contribution in [2.75, 3.05) is 11.9 Å². The number of Topliss-reactive ketones (excluding diaryl/α,β-unsaturated/α-hetero) is 1. The van der Waals surface area contributed by atoms with Gasteiger partial charge in [-0.05, 0) is 50.1 Å². The van der Waals surface area contributed by atoms with E-state index in [-0.39, 0.29) is 23.7 Å². The maximum Gasteiger partial charge on any atom is 0.250 e. The SMILES string of the molecule is Cc1ccc(C2C3CCCN3C3(C(=O)Nc4ccccc43)C2C(=O)c2cccc(Br)c2)cc1. The summed E-state index contributed by atoms with van der Waals surface area (Å²) in [5.74, 6) is -0.610. The van der Waals surface area contributed by atoms with Crippen LogP contribution >= 0.6 is 15.9 Å². The third kappa shape index (κ3) is 2.92. The summed E-state index contributed by atoms with van der Waals surface area (Å²) in [6.07, 6.45) is 2.01. The summed E-state index contributed by atoms with van der Waals surface area (Å²) in [6, 6.07) is 24.1. The molecule has 4 unspecified atom stereocenters. The van der Waals surface area contributed by atoms with Crippen molar-refractivity contribution in [3.63, 3.8) is 0 Å². The van der Waals surface area contributed by atoms with Crippen molar-refractivity contribution in [2.45, 2.75) is 37.3 Å². The van der Waals surface area contributed by atoms with Crippen molar-refractivity contribution in [2.24, 2.45) is 5.92 Å². The van der Waals surface area contributed by atoms with E-state index in [1.54, 1.807) is 0 Å². The molecule has 2 saturated heterocycles. The average molecular weight is 501 g/mol. The number of hydrogen-bond acceptors (Lipinski definition) is 3. The molecule has 0 radical (unpaired) electrons. The molecule has 4 atom stereocenters. The van der Waals surface area contributed by atoms with Crippen LogP contribution in [-0.4, -0.2) is 29.2 Å². The fourth-order valence-electron chi connectivity index (χ4n) is 6.50. The van der Waals surface area contributed by atoms with Crippen LogP contribution < -0.4 is 5.32 Å². The van der Waals surface area contributed by atoms with E-state index in [0.29, 0.717) is 5.56 Å². The summed E-state index contributed by atoms with van der Waals surface area (Å²) in [7, 11) is 0. The molecule has 1 spiro atoms. The molecule has 3 aliphatic heterocycles. The molecule has 5 heteroatoms. The summed E-state index contributed by atoms with van der Waals surface area (Å²) >= 11 is 3.53. The highest BCUT2D eigenvalue weighted by Gasteiger charge is 2.69. The molecule has 0 aromatic heterocycles. The Kier molecular flexibility index (Phi) is 4.82. The zero-order valence-electron chi connectivity index (χ0n) is 18.4. The largest absolute Gasteiger partial charge is 0.324 e. The van der Waals surface area contributed by atoms with Crippen LogP contribution in [0.1, 0.15) is 45.8 Å². The Labute approximate surface area is 202 Å². The molecule has 4 nitrogen and oxygen atoms in total. The van der Waals surface area contributed by atoms with Gasteiger partial charge in [0.25, 0.3) is 0 Å². The van der Waals surface area contributed by atoms with Crippen molar-refractivity contribution in [3.8, 4) is 0 Å². The summed E-state index contributed by atoms with van der Waals surface area (Å²) in [6.45, 7) is 2.89. The molecule has 3 aromatic rings. The second-order valence-corrected chi connectivity index (χ2v) is 10.4. The van der Waals surface area contributed by atoms with E-state index >= 15 is 0 Å². The number of benzene rings is 3. The number of nitrogens with zero attached hydrogens (tertiary/aromatic N) is 1. The Morgan fingerprint density at radius 1 is 1.06 bits per heavy atom. The molecule has 0 aliphatic carbocycles. The highest BCUT2D eigenvalue weighted by molar-refractivity contribution is 9.10. The van der Waals surface area contributed by atoms with Crippen LogP contribution in [0.5, 0.6) is 0 Å². The number of ketones is 1. The van der Waals surface area contributed by atoms with E-state index in [1.807, 2.05) is 48.5 Å². The van der Waals surface area contributed by atoms with Gasteiger partial charge in [-0.3, -0.25) is 14.5 Å². The van der Waals surface area contributed by atoms with Gasteiger partial charge in [0.05, 0.1) is 5.92 Å². The second-order valence-electron chi connectivity index (χ2n) is 9.46. The van der Waals surface area contributed by atoms with Gasteiger partial charge in [0.15, 0.2) is 5.78 Å². The Morgan fingerprint density at radius 3 is 2.64 bits per heavy atom. The number of aryl methyl sites for hydroxylation is 1. The summed E-state index contributed by atoms with van der Waals surface area (Å²) in [5.41, 5.74) is 3.74. The first kappa shape index (κ1) is 20.8. The smallest absolute Gasteiger partial charge is 0.250 e. The molecule has 2 fully saturated rings. The van der Waals surface area contributed by atoms with Crippen molar-refractivity contribution in [1.82, 2.24) is 4.90 Å². The van der Waals surface area contributed by atoms with Crippen LogP contribution in [0.4, 0.5) is 5.69 Å². The van der Waals surface area contributed by atoms with E-state index < -0.39 is 11.5 Å². The minimum Gasteiger partial charge on any atom is -0.324 e. The van der Waals surface area contributed by atoms with Gasteiger partial charge in [0, 0.05) is 33.2 Å². The number of rotatable bonds is 3. The zero-order valence-corrected chi connectivity index (χ0v) is 20.0. The van der Waals surface area contributed by atoms with E-state index in [9.17, 15) is 9.59 Å². The van der Waals surface area contributed by atoms with Gasteiger partial charge in [0.1, 0.15) is 5.54 Å². The molecular formula is C28H25BrN2O2. The highest BCUT2D eigenvalue weighted by Crippen LogP contribution is 2.61. The topological polar surface area (TPSA) is 49.4 Å². The number of carbonyl (C=O) groups excluding carboxylic acids is 2. The van der Waals surface area contributed by atoms with Gasteiger partial charge < -0.3 is 5.32 Å². The Bertz CT molecular complexity index is 1270. The first-order valence-corrected chi connectivity index (χ1v) is 12.3. The lowest BCUT2D eigenvalue weighted by atomic mass is 9.68. The van der Waals surface area contributed by atoms with Gasteiger partial charge in [-0.1, -0.05) is 76.1 Å². The fourth-order valence-corrected chi connectivity index (χ4v) is 6.90.